The number of nitrogens with zero attached hydrogens (tertiary/aromatic N) is 2. The van der Waals surface area contributed by atoms with Gasteiger partial charge in [-0.15, -0.1) is 0 Å². The molecule has 0 aliphatic heterocycles. The molecule has 0 saturated heterocycles. The van der Waals surface area contributed by atoms with Crippen LogP contribution in [0.3, 0.4) is 0 Å². The van der Waals surface area contributed by atoms with Crippen molar-refractivity contribution in [2.45, 2.75) is 39.2 Å². The normalized spacial score (nSPS) is 16.0. The Kier molecular flexibility index (Phi) is 5.60. The second kappa shape index (κ2) is 8.47. The molecule has 1 aliphatic carbocycles. The van der Waals surface area contributed by atoms with Crippen molar-refractivity contribution in [3.63, 3.8) is 0 Å². The minimum absolute atomic E-state index is 0.0575. The van der Waals surface area contributed by atoms with Gasteiger partial charge in [-0.2, -0.15) is 4.98 Å². The van der Waals surface area contributed by atoms with Gasteiger partial charge in [-0.3, -0.25) is 4.79 Å². The maximum Gasteiger partial charge on any atom is 0.223 e. The standard InChI is InChI=1S/C23H25N3O3/c1-15-8-11-18(29-15)14-24-22(27)17-9-12-19-20(13-10-17)25-21(26-23(19)28-2)16-6-4-3-5-7-16/h3-8,11,17H,9-10,12-14H2,1-2H3,(H,24,27). The molecule has 150 valence electrons. The van der Waals surface area contributed by atoms with Crippen LogP contribution in [0.4, 0.5) is 0 Å². The number of benzene rings is 1. The number of fused-ring (bicyclic) bond motifs is 1. The van der Waals surface area contributed by atoms with Gasteiger partial charge < -0.3 is 14.5 Å². The lowest BCUT2D eigenvalue weighted by Crippen LogP contribution is -2.30. The quantitative estimate of drug-likeness (QED) is 0.668. The van der Waals surface area contributed by atoms with Gasteiger partial charge in [0.2, 0.25) is 11.8 Å². The highest BCUT2D eigenvalue weighted by Crippen LogP contribution is 2.31. The highest BCUT2D eigenvalue weighted by Gasteiger charge is 2.26. The monoisotopic (exact) mass is 391 g/mol. The molecule has 0 fully saturated rings. The van der Waals surface area contributed by atoms with Crippen LogP contribution in [0.2, 0.25) is 0 Å². The summed E-state index contributed by atoms with van der Waals surface area (Å²) in [6.07, 6.45) is 2.96. The van der Waals surface area contributed by atoms with Gasteiger partial charge in [-0.25, -0.2) is 4.98 Å². The van der Waals surface area contributed by atoms with E-state index < -0.39 is 0 Å². The van der Waals surface area contributed by atoms with E-state index in [1.54, 1.807) is 7.11 Å². The minimum atomic E-state index is -0.0647. The van der Waals surface area contributed by atoms with Gasteiger partial charge in [-0.1, -0.05) is 30.3 Å². The van der Waals surface area contributed by atoms with Crippen molar-refractivity contribution >= 4 is 5.91 Å². The second-order valence-corrected chi connectivity index (χ2v) is 7.35. The van der Waals surface area contributed by atoms with E-state index in [-0.39, 0.29) is 11.8 Å². The van der Waals surface area contributed by atoms with Crippen molar-refractivity contribution in [2.24, 2.45) is 5.92 Å². The number of methoxy groups -OCH3 is 1. The van der Waals surface area contributed by atoms with Crippen LogP contribution < -0.4 is 10.1 Å². The average Bonchev–Trinajstić information content (AvgIpc) is 3.05. The largest absolute Gasteiger partial charge is 0.481 e. The molecule has 1 atom stereocenters. The molecule has 1 unspecified atom stereocenters. The summed E-state index contributed by atoms with van der Waals surface area (Å²) < 4.78 is 11.1. The summed E-state index contributed by atoms with van der Waals surface area (Å²) in [5.41, 5.74) is 2.96. The zero-order valence-electron chi connectivity index (χ0n) is 16.8. The molecule has 1 N–H and O–H groups in total. The highest BCUT2D eigenvalue weighted by molar-refractivity contribution is 5.78. The van der Waals surface area contributed by atoms with Crippen molar-refractivity contribution in [3.05, 3.63) is 65.2 Å². The molecule has 6 nitrogen and oxygen atoms in total. The van der Waals surface area contributed by atoms with E-state index in [4.69, 9.17) is 14.1 Å². The fourth-order valence-electron chi connectivity index (χ4n) is 3.79. The predicted molar refractivity (Wildman–Crippen MR) is 109 cm³/mol. The first kappa shape index (κ1) is 19.2. The average molecular weight is 391 g/mol. The van der Waals surface area contributed by atoms with Crippen LogP contribution in [0, 0.1) is 12.8 Å². The molecule has 1 aromatic carbocycles. The van der Waals surface area contributed by atoms with Crippen LogP contribution in [0.5, 0.6) is 5.88 Å². The summed E-state index contributed by atoms with van der Waals surface area (Å²) in [7, 11) is 1.64. The summed E-state index contributed by atoms with van der Waals surface area (Å²) in [5.74, 6) is 2.89. The molecule has 29 heavy (non-hydrogen) atoms. The van der Waals surface area contributed by atoms with Gasteiger partial charge in [0.05, 0.1) is 19.3 Å². The summed E-state index contributed by atoms with van der Waals surface area (Å²) >= 11 is 0. The summed E-state index contributed by atoms with van der Waals surface area (Å²) in [5, 5.41) is 3.00. The van der Waals surface area contributed by atoms with Gasteiger partial charge in [0.1, 0.15) is 11.5 Å². The Morgan fingerprint density at radius 1 is 1.14 bits per heavy atom. The van der Waals surface area contributed by atoms with Crippen molar-refractivity contribution in [3.8, 4) is 17.3 Å². The first-order valence-corrected chi connectivity index (χ1v) is 9.96. The molecule has 0 bridgehead atoms. The number of furan rings is 1. The van der Waals surface area contributed by atoms with Crippen LogP contribution in [-0.4, -0.2) is 23.0 Å². The van der Waals surface area contributed by atoms with E-state index in [2.05, 4.69) is 10.3 Å². The Balaban J connectivity index is 1.48. The zero-order valence-corrected chi connectivity index (χ0v) is 16.8. The van der Waals surface area contributed by atoms with Gasteiger partial charge in [0, 0.05) is 17.0 Å². The van der Waals surface area contributed by atoms with Crippen molar-refractivity contribution in [1.29, 1.82) is 0 Å². The maximum atomic E-state index is 12.7. The number of aromatic nitrogens is 2. The molecule has 2 heterocycles. The van der Waals surface area contributed by atoms with Crippen molar-refractivity contribution < 1.29 is 13.9 Å². The SMILES string of the molecule is COc1nc(-c2ccccc2)nc2c1CCC(C(=O)NCc1ccc(C)o1)CC2. The Hall–Kier alpha value is -3.15. The first-order chi connectivity index (χ1) is 14.1. The molecular formula is C23H25N3O3. The van der Waals surface area contributed by atoms with Gasteiger partial charge in [0.25, 0.3) is 0 Å². The van der Waals surface area contributed by atoms with Gasteiger partial charge >= 0.3 is 0 Å². The maximum absolute atomic E-state index is 12.7. The fraction of sp³-hybridized carbons (Fsp3) is 0.348. The Morgan fingerprint density at radius 2 is 1.93 bits per heavy atom. The number of ether oxygens (including phenoxy) is 1. The lowest BCUT2D eigenvalue weighted by molar-refractivity contribution is -0.125. The molecule has 1 amide bonds. The molecule has 0 spiro atoms. The molecule has 2 aromatic heterocycles. The Morgan fingerprint density at radius 3 is 2.66 bits per heavy atom. The topological polar surface area (TPSA) is 77.2 Å². The molecular weight excluding hydrogens is 366 g/mol. The predicted octanol–water partition coefficient (Wildman–Crippen LogP) is 3.87. The highest BCUT2D eigenvalue weighted by atomic mass is 16.5. The molecule has 0 radical (unpaired) electrons. The summed E-state index contributed by atoms with van der Waals surface area (Å²) in [4.78, 5) is 22.1. The molecule has 0 saturated carbocycles. The van der Waals surface area contributed by atoms with E-state index >= 15 is 0 Å². The van der Waals surface area contributed by atoms with Gasteiger partial charge in [0.15, 0.2) is 5.82 Å². The number of amides is 1. The number of rotatable bonds is 5. The van der Waals surface area contributed by atoms with Crippen LogP contribution in [0.15, 0.2) is 46.9 Å². The number of aryl methyl sites for hydroxylation is 2. The van der Waals surface area contributed by atoms with E-state index in [1.807, 2.05) is 49.4 Å². The van der Waals surface area contributed by atoms with E-state index in [1.165, 1.54) is 0 Å². The van der Waals surface area contributed by atoms with E-state index in [0.29, 0.717) is 18.2 Å². The van der Waals surface area contributed by atoms with Gasteiger partial charge in [-0.05, 0) is 44.7 Å². The third-order valence-electron chi connectivity index (χ3n) is 5.36. The van der Waals surface area contributed by atoms with Crippen molar-refractivity contribution in [2.75, 3.05) is 7.11 Å². The molecule has 1 aliphatic rings. The van der Waals surface area contributed by atoms with Crippen LogP contribution >= 0.6 is 0 Å². The Labute approximate surface area is 170 Å². The lowest BCUT2D eigenvalue weighted by atomic mass is 9.99. The second-order valence-electron chi connectivity index (χ2n) is 7.35. The zero-order chi connectivity index (χ0) is 20.2. The lowest BCUT2D eigenvalue weighted by Gasteiger charge is -2.13. The van der Waals surface area contributed by atoms with Crippen LogP contribution in [-0.2, 0) is 24.2 Å². The van der Waals surface area contributed by atoms with Crippen molar-refractivity contribution in [1.82, 2.24) is 15.3 Å². The van der Waals surface area contributed by atoms with E-state index in [0.717, 1.165) is 54.0 Å². The number of hydrogen-bond acceptors (Lipinski definition) is 5. The number of carbonyl (C=O) groups excluding carboxylic acids is 1. The minimum Gasteiger partial charge on any atom is -0.481 e. The number of carbonyl (C=O) groups is 1. The Bertz CT molecular complexity index is 998. The number of hydrogen-bond donors (Lipinski definition) is 1. The summed E-state index contributed by atoms with van der Waals surface area (Å²) in [6, 6.07) is 13.7. The summed E-state index contributed by atoms with van der Waals surface area (Å²) in [6.45, 7) is 2.31. The fourth-order valence-corrected chi connectivity index (χ4v) is 3.79. The van der Waals surface area contributed by atoms with E-state index in [9.17, 15) is 4.79 Å². The molecule has 4 rings (SSSR count). The van der Waals surface area contributed by atoms with Crippen LogP contribution in [0.25, 0.3) is 11.4 Å². The third-order valence-corrected chi connectivity index (χ3v) is 5.36. The smallest absolute Gasteiger partial charge is 0.223 e. The first-order valence-electron chi connectivity index (χ1n) is 9.96. The van der Waals surface area contributed by atoms with Crippen LogP contribution in [0.1, 0.15) is 35.6 Å². The third kappa shape index (κ3) is 4.31. The molecule has 6 heteroatoms. The molecule has 3 aromatic rings. The number of nitrogens with one attached hydrogen (secondary N) is 1.